The van der Waals surface area contributed by atoms with Crippen molar-refractivity contribution in [1.29, 1.82) is 0 Å². The molecule has 0 radical (unpaired) electrons. The molecule has 108 valence electrons. The molecule has 4 rings (SSSR count). The third-order valence-electron chi connectivity index (χ3n) is 6.15. The number of rotatable bonds is 2. The van der Waals surface area contributed by atoms with Crippen molar-refractivity contribution >= 4 is 0 Å². The quantitative estimate of drug-likeness (QED) is 0.784. The molecule has 2 atom stereocenters. The van der Waals surface area contributed by atoms with Crippen molar-refractivity contribution in [3.63, 3.8) is 0 Å². The third kappa shape index (κ3) is 2.02. The molecule has 2 aliphatic carbocycles. The van der Waals surface area contributed by atoms with Crippen molar-refractivity contribution in [3.8, 4) is 0 Å². The van der Waals surface area contributed by atoms with E-state index in [4.69, 9.17) is 0 Å². The van der Waals surface area contributed by atoms with Gasteiger partial charge in [0, 0.05) is 12.6 Å². The van der Waals surface area contributed by atoms with Gasteiger partial charge in [-0.15, -0.1) is 0 Å². The molecule has 1 aromatic rings. The van der Waals surface area contributed by atoms with E-state index in [1.165, 1.54) is 45.2 Å². The zero-order valence-corrected chi connectivity index (χ0v) is 12.9. The number of nitrogens with zero attached hydrogens (tertiary/aromatic N) is 1. The minimum Gasteiger partial charge on any atom is -0.299 e. The second-order valence-electron chi connectivity index (χ2n) is 7.84. The first-order chi connectivity index (χ1) is 9.66. The van der Waals surface area contributed by atoms with Crippen LogP contribution in [0.25, 0.3) is 0 Å². The van der Waals surface area contributed by atoms with E-state index in [0.717, 1.165) is 17.9 Å². The van der Waals surface area contributed by atoms with Crippen molar-refractivity contribution in [2.45, 2.75) is 57.4 Å². The van der Waals surface area contributed by atoms with E-state index in [-0.39, 0.29) is 0 Å². The van der Waals surface area contributed by atoms with Gasteiger partial charge in [-0.3, -0.25) is 4.90 Å². The first-order valence-electron chi connectivity index (χ1n) is 8.48. The first kappa shape index (κ1) is 12.9. The predicted molar refractivity (Wildman–Crippen MR) is 84.0 cm³/mol. The number of benzene rings is 1. The molecule has 1 saturated carbocycles. The van der Waals surface area contributed by atoms with Crippen molar-refractivity contribution < 1.29 is 0 Å². The van der Waals surface area contributed by atoms with Gasteiger partial charge in [0.1, 0.15) is 0 Å². The van der Waals surface area contributed by atoms with E-state index in [9.17, 15) is 0 Å². The highest BCUT2D eigenvalue weighted by Crippen LogP contribution is 2.47. The minimum absolute atomic E-state index is 0.349. The molecule has 1 heterocycles. The van der Waals surface area contributed by atoms with Crippen LogP contribution in [0.15, 0.2) is 24.3 Å². The van der Waals surface area contributed by atoms with Gasteiger partial charge in [-0.1, -0.05) is 38.1 Å². The lowest BCUT2D eigenvalue weighted by atomic mass is 9.60. The highest BCUT2D eigenvalue weighted by Gasteiger charge is 2.46. The summed E-state index contributed by atoms with van der Waals surface area (Å²) in [6.45, 7) is 7.70. The van der Waals surface area contributed by atoms with Crippen LogP contribution >= 0.6 is 0 Å². The van der Waals surface area contributed by atoms with Crippen LogP contribution in [0.4, 0.5) is 0 Å². The second kappa shape index (κ2) is 4.59. The molecule has 3 aliphatic rings. The zero-order valence-electron chi connectivity index (χ0n) is 12.9. The van der Waals surface area contributed by atoms with Crippen LogP contribution in [-0.4, -0.2) is 24.0 Å². The summed E-state index contributed by atoms with van der Waals surface area (Å²) in [5.74, 6) is 1.87. The zero-order chi connectivity index (χ0) is 13.7. The number of likely N-dealkylation sites (tertiary alicyclic amines) is 1. The molecular weight excluding hydrogens is 242 g/mol. The van der Waals surface area contributed by atoms with Crippen LogP contribution in [0.2, 0.25) is 0 Å². The highest BCUT2D eigenvalue weighted by molar-refractivity contribution is 5.38. The summed E-state index contributed by atoms with van der Waals surface area (Å²) in [5, 5.41) is 0. The molecule has 0 spiro atoms. The third-order valence-corrected chi connectivity index (χ3v) is 6.15. The van der Waals surface area contributed by atoms with Gasteiger partial charge in [0.05, 0.1) is 0 Å². The Labute approximate surface area is 123 Å². The number of fused-ring (bicyclic) bond motifs is 2. The summed E-state index contributed by atoms with van der Waals surface area (Å²) in [4.78, 5) is 2.85. The number of hydrogen-bond donors (Lipinski definition) is 0. The van der Waals surface area contributed by atoms with Gasteiger partial charge in [-0.2, -0.15) is 0 Å². The summed E-state index contributed by atoms with van der Waals surface area (Å²) in [6.07, 6.45) is 7.07. The van der Waals surface area contributed by atoms with Crippen molar-refractivity contribution in [1.82, 2.24) is 4.90 Å². The maximum Gasteiger partial charge on any atom is 0.0172 e. The van der Waals surface area contributed by atoms with E-state index in [0.29, 0.717) is 5.41 Å². The topological polar surface area (TPSA) is 3.24 Å². The Morgan fingerprint density at radius 1 is 1.15 bits per heavy atom. The van der Waals surface area contributed by atoms with Gasteiger partial charge >= 0.3 is 0 Å². The lowest BCUT2D eigenvalue weighted by Gasteiger charge is -2.52. The van der Waals surface area contributed by atoms with E-state index in [2.05, 4.69) is 43.0 Å². The van der Waals surface area contributed by atoms with E-state index in [1.54, 1.807) is 11.1 Å². The van der Waals surface area contributed by atoms with E-state index < -0.39 is 0 Å². The lowest BCUT2D eigenvalue weighted by Crippen LogP contribution is -2.55. The Hall–Kier alpha value is -0.820. The van der Waals surface area contributed by atoms with Crippen LogP contribution in [0.5, 0.6) is 0 Å². The highest BCUT2D eigenvalue weighted by atomic mass is 15.2. The fourth-order valence-electron chi connectivity index (χ4n) is 4.85. The Kier molecular flexibility index (Phi) is 2.96. The Balaban J connectivity index is 1.68. The average Bonchev–Trinajstić information content (AvgIpc) is 3.24. The maximum absolute atomic E-state index is 2.85. The molecule has 0 aromatic heterocycles. The molecule has 1 heteroatoms. The summed E-state index contributed by atoms with van der Waals surface area (Å²) in [7, 11) is 0. The smallest absolute Gasteiger partial charge is 0.0172 e. The molecule has 1 nitrogen and oxygen atoms in total. The maximum atomic E-state index is 2.85. The minimum atomic E-state index is 0.349. The van der Waals surface area contributed by atoms with Gasteiger partial charge in [-0.05, 0) is 67.0 Å². The first-order valence-corrected chi connectivity index (χ1v) is 8.48. The lowest BCUT2D eigenvalue weighted by molar-refractivity contribution is 0.0409. The molecule has 0 N–H and O–H groups in total. The van der Waals surface area contributed by atoms with E-state index >= 15 is 0 Å². The largest absolute Gasteiger partial charge is 0.299 e. The summed E-state index contributed by atoms with van der Waals surface area (Å²) in [6, 6.07) is 10.0. The monoisotopic (exact) mass is 269 g/mol. The number of hydrogen-bond acceptors (Lipinski definition) is 1. The summed E-state index contributed by atoms with van der Waals surface area (Å²) >= 11 is 0. The Morgan fingerprint density at radius 2 is 1.95 bits per heavy atom. The second-order valence-corrected chi connectivity index (χ2v) is 7.84. The Morgan fingerprint density at radius 3 is 2.75 bits per heavy atom. The van der Waals surface area contributed by atoms with Crippen LogP contribution in [0.1, 0.15) is 50.7 Å². The normalized spacial score (nSPS) is 32.5. The van der Waals surface area contributed by atoms with Crippen molar-refractivity contribution in [2.24, 2.45) is 11.8 Å². The molecule has 0 amide bonds. The van der Waals surface area contributed by atoms with E-state index in [1.807, 2.05) is 0 Å². The van der Waals surface area contributed by atoms with Gasteiger partial charge in [-0.25, -0.2) is 0 Å². The van der Waals surface area contributed by atoms with Gasteiger partial charge in [0.15, 0.2) is 0 Å². The fourth-order valence-corrected chi connectivity index (χ4v) is 4.85. The average molecular weight is 269 g/mol. The van der Waals surface area contributed by atoms with Crippen LogP contribution in [0.3, 0.4) is 0 Å². The van der Waals surface area contributed by atoms with Crippen molar-refractivity contribution in [2.75, 3.05) is 13.1 Å². The standard InChI is InChI=1S/C19H27N/c1-19(2)16-7-4-3-6-15(16)12-18-17(19)8-5-11-20(18)13-14-9-10-14/h3-4,6-7,14,17-18H,5,8-13H2,1-2H3/t17-,18-/m1/s1. The molecule has 2 fully saturated rings. The molecule has 1 aliphatic heterocycles. The molecular formula is C19H27N. The molecule has 0 unspecified atom stereocenters. The molecule has 0 bridgehead atoms. The SMILES string of the molecule is CC1(C)c2ccccc2C[C@@H]2[C@H]1CCCN2CC1CC1. The summed E-state index contributed by atoms with van der Waals surface area (Å²) in [5.41, 5.74) is 3.58. The molecule has 20 heavy (non-hydrogen) atoms. The van der Waals surface area contributed by atoms with Crippen LogP contribution < -0.4 is 0 Å². The van der Waals surface area contributed by atoms with Gasteiger partial charge < -0.3 is 0 Å². The molecule has 1 aromatic carbocycles. The molecule has 1 saturated heterocycles. The van der Waals surface area contributed by atoms with Gasteiger partial charge in [0.25, 0.3) is 0 Å². The Bertz CT molecular complexity index is 500. The van der Waals surface area contributed by atoms with Crippen LogP contribution in [0, 0.1) is 11.8 Å². The van der Waals surface area contributed by atoms with Crippen molar-refractivity contribution in [3.05, 3.63) is 35.4 Å². The fraction of sp³-hybridized carbons (Fsp3) is 0.684. The van der Waals surface area contributed by atoms with Crippen LogP contribution in [-0.2, 0) is 11.8 Å². The van der Waals surface area contributed by atoms with Gasteiger partial charge in [0.2, 0.25) is 0 Å². The summed E-state index contributed by atoms with van der Waals surface area (Å²) < 4.78 is 0. The predicted octanol–water partition coefficient (Wildman–Crippen LogP) is 4.01. The number of piperidine rings is 1.